The highest BCUT2D eigenvalue weighted by Gasteiger charge is 2.64. The number of alkyl halides is 2. The third kappa shape index (κ3) is 4.07. The Morgan fingerprint density at radius 1 is 1.15 bits per heavy atom. The number of carbonyl (C=O) groups is 1. The predicted octanol–water partition coefficient (Wildman–Crippen LogP) is 3.23. The van der Waals surface area contributed by atoms with Gasteiger partial charge < -0.3 is 16.2 Å². The molecule has 33 heavy (non-hydrogen) atoms. The van der Waals surface area contributed by atoms with Crippen LogP contribution in [0, 0.1) is 17.3 Å². The second kappa shape index (κ2) is 8.15. The molecule has 2 aromatic carbocycles. The fraction of sp³-hybridized carbons (Fsp3) is 0.500. The number of piperidine rings is 1. The molecule has 1 heterocycles. The molecular weight excluding hydrogens is 424 g/mol. The highest BCUT2D eigenvalue weighted by atomic mass is 19.3. The van der Waals surface area contributed by atoms with Gasteiger partial charge in [-0.05, 0) is 29.9 Å². The standard InChI is InChI=1S/C26H31F2N3O2/c27-25(28)12-11-20(14-25)26(33,19-9-5-2-6-10-19)23(32)30-22(29)24-13-21(24)16-31(17-24)15-18-7-3-1-4-8-18/h1-10,20-22,33H,11-17,29H2,(H,30,32). The summed E-state index contributed by atoms with van der Waals surface area (Å²) in [4.78, 5) is 15.8. The van der Waals surface area contributed by atoms with E-state index in [2.05, 4.69) is 22.3 Å². The lowest BCUT2D eigenvalue weighted by Crippen LogP contribution is -2.57. The molecule has 0 radical (unpaired) electrons. The maximum absolute atomic E-state index is 14.0. The second-order valence-corrected chi connectivity index (χ2v) is 10.2. The van der Waals surface area contributed by atoms with Crippen LogP contribution in [0.5, 0.6) is 0 Å². The van der Waals surface area contributed by atoms with E-state index in [0.29, 0.717) is 11.5 Å². The zero-order valence-corrected chi connectivity index (χ0v) is 18.6. The van der Waals surface area contributed by atoms with Crippen molar-refractivity contribution in [1.29, 1.82) is 0 Å². The van der Waals surface area contributed by atoms with Crippen molar-refractivity contribution in [2.75, 3.05) is 13.1 Å². The first-order chi connectivity index (χ1) is 15.7. The van der Waals surface area contributed by atoms with E-state index in [9.17, 15) is 18.7 Å². The zero-order chi connectivity index (χ0) is 23.3. The SMILES string of the molecule is NC(NC(=O)C(O)(c1ccccc1)C1CCC(F)(F)C1)C12CC1CN(Cc1ccccc1)C2. The van der Waals surface area contributed by atoms with Crippen LogP contribution in [0.15, 0.2) is 60.7 Å². The largest absolute Gasteiger partial charge is 0.375 e. The summed E-state index contributed by atoms with van der Waals surface area (Å²) in [7, 11) is 0. The molecule has 176 valence electrons. The normalized spacial score (nSPS) is 30.9. The number of halogens is 2. The molecule has 0 bridgehead atoms. The van der Waals surface area contributed by atoms with Gasteiger partial charge in [-0.3, -0.25) is 9.69 Å². The average Bonchev–Trinajstić information content (AvgIpc) is 3.18. The van der Waals surface area contributed by atoms with Gasteiger partial charge in [0.15, 0.2) is 5.60 Å². The van der Waals surface area contributed by atoms with Gasteiger partial charge in [0.1, 0.15) is 0 Å². The van der Waals surface area contributed by atoms with Crippen molar-refractivity contribution < 1.29 is 18.7 Å². The quantitative estimate of drug-likeness (QED) is 0.560. The summed E-state index contributed by atoms with van der Waals surface area (Å²) in [6.45, 7) is 2.50. The summed E-state index contributed by atoms with van der Waals surface area (Å²) in [6, 6.07) is 18.6. The number of nitrogens with zero attached hydrogens (tertiary/aromatic N) is 1. The van der Waals surface area contributed by atoms with Crippen molar-refractivity contribution in [2.45, 2.75) is 49.9 Å². The van der Waals surface area contributed by atoms with Crippen LogP contribution in [0.25, 0.3) is 0 Å². The van der Waals surface area contributed by atoms with E-state index in [1.807, 2.05) is 18.2 Å². The number of aliphatic hydroxyl groups is 1. The van der Waals surface area contributed by atoms with Gasteiger partial charge >= 0.3 is 0 Å². The summed E-state index contributed by atoms with van der Waals surface area (Å²) in [5.41, 5.74) is 5.81. The van der Waals surface area contributed by atoms with Crippen LogP contribution >= 0.6 is 0 Å². The lowest BCUT2D eigenvalue weighted by molar-refractivity contribution is -0.150. The molecule has 1 amide bonds. The zero-order valence-electron chi connectivity index (χ0n) is 18.6. The number of rotatable bonds is 7. The molecule has 5 nitrogen and oxygen atoms in total. The van der Waals surface area contributed by atoms with E-state index in [1.165, 1.54) is 5.56 Å². The third-order valence-electron chi connectivity index (χ3n) is 7.99. The van der Waals surface area contributed by atoms with Crippen LogP contribution in [0.2, 0.25) is 0 Å². The number of carbonyl (C=O) groups excluding carboxylic acids is 1. The minimum Gasteiger partial charge on any atom is -0.375 e. The summed E-state index contributed by atoms with van der Waals surface area (Å²) in [5.74, 6) is -4.03. The van der Waals surface area contributed by atoms with Gasteiger partial charge in [-0.1, -0.05) is 60.7 Å². The van der Waals surface area contributed by atoms with Gasteiger partial charge in [0, 0.05) is 43.8 Å². The van der Waals surface area contributed by atoms with Gasteiger partial charge in [0.2, 0.25) is 5.92 Å². The second-order valence-electron chi connectivity index (χ2n) is 10.2. The van der Waals surface area contributed by atoms with Crippen LogP contribution in [0.3, 0.4) is 0 Å². The molecule has 4 N–H and O–H groups in total. The van der Waals surface area contributed by atoms with E-state index in [1.54, 1.807) is 30.3 Å². The molecule has 7 heteroatoms. The average molecular weight is 456 g/mol. The van der Waals surface area contributed by atoms with Crippen molar-refractivity contribution in [3.05, 3.63) is 71.8 Å². The maximum atomic E-state index is 14.0. The molecule has 2 aliphatic carbocycles. The maximum Gasteiger partial charge on any atom is 0.258 e. The number of hydrogen-bond acceptors (Lipinski definition) is 4. The molecule has 5 rings (SSSR count). The third-order valence-corrected chi connectivity index (χ3v) is 7.99. The van der Waals surface area contributed by atoms with E-state index in [-0.39, 0.29) is 18.3 Å². The Hall–Kier alpha value is -2.35. The summed E-state index contributed by atoms with van der Waals surface area (Å²) in [5, 5.41) is 14.5. The molecule has 3 fully saturated rings. The van der Waals surface area contributed by atoms with E-state index < -0.39 is 35.9 Å². The van der Waals surface area contributed by atoms with Crippen molar-refractivity contribution in [2.24, 2.45) is 23.0 Å². The lowest BCUT2D eigenvalue weighted by atomic mass is 9.79. The van der Waals surface area contributed by atoms with Gasteiger partial charge in [0.05, 0.1) is 6.17 Å². The highest BCUT2D eigenvalue weighted by Crippen LogP contribution is 2.59. The number of hydrogen-bond donors (Lipinski definition) is 3. The van der Waals surface area contributed by atoms with Crippen molar-refractivity contribution in [1.82, 2.24) is 10.2 Å². The molecule has 0 spiro atoms. The molecule has 1 saturated heterocycles. The topological polar surface area (TPSA) is 78.6 Å². The fourth-order valence-electron chi connectivity index (χ4n) is 6.02. The molecule has 1 aliphatic heterocycles. The number of benzene rings is 2. The molecule has 2 aromatic rings. The minimum absolute atomic E-state index is 0.0830. The minimum atomic E-state index is -2.88. The first-order valence-corrected chi connectivity index (χ1v) is 11.7. The molecule has 5 atom stereocenters. The van der Waals surface area contributed by atoms with Gasteiger partial charge in [-0.2, -0.15) is 0 Å². The number of amides is 1. The Bertz CT molecular complexity index is 1010. The summed E-state index contributed by atoms with van der Waals surface area (Å²) >= 11 is 0. The molecule has 3 aliphatic rings. The number of likely N-dealkylation sites (tertiary alicyclic amines) is 1. The van der Waals surface area contributed by atoms with E-state index >= 15 is 0 Å². The Labute approximate surface area is 193 Å². The van der Waals surface area contributed by atoms with Crippen molar-refractivity contribution in [3.63, 3.8) is 0 Å². The van der Waals surface area contributed by atoms with Gasteiger partial charge in [-0.15, -0.1) is 0 Å². The first kappa shape index (κ1) is 22.4. The lowest BCUT2D eigenvalue weighted by Gasteiger charge is -2.35. The molecule has 2 saturated carbocycles. The predicted molar refractivity (Wildman–Crippen MR) is 121 cm³/mol. The Morgan fingerprint density at radius 3 is 2.45 bits per heavy atom. The smallest absolute Gasteiger partial charge is 0.258 e. The number of nitrogens with one attached hydrogen (secondary N) is 1. The van der Waals surface area contributed by atoms with Crippen LogP contribution in [0.4, 0.5) is 8.78 Å². The van der Waals surface area contributed by atoms with Crippen molar-refractivity contribution in [3.8, 4) is 0 Å². The number of fused-ring (bicyclic) bond motifs is 1. The Balaban J connectivity index is 1.31. The van der Waals surface area contributed by atoms with Crippen LogP contribution in [-0.2, 0) is 16.9 Å². The van der Waals surface area contributed by atoms with Crippen LogP contribution < -0.4 is 11.1 Å². The fourth-order valence-corrected chi connectivity index (χ4v) is 6.02. The summed E-state index contributed by atoms with van der Waals surface area (Å²) < 4.78 is 28.1. The van der Waals surface area contributed by atoms with Crippen molar-refractivity contribution >= 4 is 5.91 Å². The van der Waals surface area contributed by atoms with Gasteiger partial charge in [0.25, 0.3) is 5.91 Å². The highest BCUT2D eigenvalue weighted by molar-refractivity contribution is 5.87. The number of nitrogens with two attached hydrogens (primary N) is 1. The Kier molecular flexibility index (Phi) is 5.54. The molecule has 0 aromatic heterocycles. The summed E-state index contributed by atoms with van der Waals surface area (Å²) in [6.07, 6.45) is -0.482. The first-order valence-electron chi connectivity index (χ1n) is 11.7. The molecule has 5 unspecified atom stereocenters. The Morgan fingerprint density at radius 2 is 1.82 bits per heavy atom. The monoisotopic (exact) mass is 455 g/mol. The molecular formula is C26H31F2N3O2. The van der Waals surface area contributed by atoms with E-state index in [4.69, 9.17) is 5.73 Å². The van der Waals surface area contributed by atoms with Crippen LogP contribution in [0.1, 0.15) is 36.8 Å². The van der Waals surface area contributed by atoms with Gasteiger partial charge in [-0.25, -0.2) is 8.78 Å². The van der Waals surface area contributed by atoms with Crippen LogP contribution in [-0.4, -0.2) is 41.1 Å². The van der Waals surface area contributed by atoms with E-state index in [0.717, 1.165) is 26.1 Å².